The summed E-state index contributed by atoms with van der Waals surface area (Å²) in [4.78, 5) is 38.1. The Balaban J connectivity index is 1.63. The highest BCUT2D eigenvalue weighted by Gasteiger charge is 2.36. The van der Waals surface area contributed by atoms with Crippen LogP contribution in [0.15, 0.2) is 54.6 Å². The van der Waals surface area contributed by atoms with Gasteiger partial charge < -0.3 is 20.1 Å². The first-order valence-corrected chi connectivity index (χ1v) is 11.1. The van der Waals surface area contributed by atoms with Gasteiger partial charge in [0.1, 0.15) is 5.60 Å². The number of hydrogen-bond acceptors (Lipinski definition) is 5. The molecule has 3 N–H and O–H groups in total. The fourth-order valence-corrected chi connectivity index (χ4v) is 3.90. The first-order chi connectivity index (χ1) is 16.0. The molecule has 0 aromatic heterocycles. The molecule has 2 amide bonds. The second-order valence-corrected chi connectivity index (χ2v) is 9.43. The number of anilines is 2. The van der Waals surface area contributed by atoms with Crippen molar-refractivity contribution in [3.05, 3.63) is 65.7 Å². The Kier molecular flexibility index (Phi) is 7.73. The van der Waals surface area contributed by atoms with Crippen molar-refractivity contribution in [1.82, 2.24) is 4.90 Å². The topological polar surface area (TPSA) is 108 Å². The van der Waals surface area contributed by atoms with E-state index in [1.807, 2.05) is 36.2 Å². The quantitative estimate of drug-likeness (QED) is 0.545. The van der Waals surface area contributed by atoms with Crippen molar-refractivity contribution in [2.24, 2.45) is 5.92 Å². The molecule has 1 aliphatic heterocycles. The molecule has 2 aromatic rings. The fourth-order valence-electron chi connectivity index (χ4n) is 3.90. The van der Waals surface area contributed by atoms with Crippen LogP contribution < -0.4 is 10.6 Å². The number of likely N-dealkylation sites (tertiary alicyclic amines) is 1. The van der Waals surface area contributed by atoms with Crippen molar-refractivity contribution in [3.63, 3.8) is 0 Å². The Morgan fingerprint density at radius 2 is 1.62 bits per heavy atom. The lowest BCUT2D eigenvalue weighted by atomic mass is 9.88. The minimum absolute atomic E-state index is 0.0576. The molecule has 2 unspecified atom stereocenters. The van der Waals surface area contributed by atoms with E-state index in [4.69, 9.17) is 4.74 Å². The second kappa shape index (κ2) is 10.5. The number of carbonyl (C=O) groups is 3. The van der Waals surface area contributed by atoms with Crippen molar-refractivity contribution >= 4 is 35.4 Å². The molecular weight excluding hydrogens is 434 g/mol. The van der Waals surface area contributed by atoms with E-state index in [0.29, 0.717) is 24.5 Å². The molecule has 8 heteroatoms. The van der Waals surface area contributed by atoms with Gasteiger partial charge in [-0.25, -0.2) is 4.79 Å². The lowest BCUT2D eigenvalue weighted by Crippen LogP contribution is -2.27. The minimum Gasteiger partial charge on any atom is -0.481 e. The van der Waals surface area contributed by atoms with E-state index < -0.39 is 23.6 Å². The van der Waals surface area contributed by atoms with Crippen LogP contribution in [0, 0.1) is 5.92 Å². The number of likely N-dealkylation sites (N-methyl/N-ethyl adjacent to an activating group) is 1. The Bertz CT molecular complexity index is 1070. The number of amides is 2. The molecule has 2 atom stereocenters. The van der Waals surface area contributed by atoms with Crippen LogP contribution in [0.25, 0.3) is 6.08 Å². The maximum Gasteiger partial charge on any atom is 0.412 e. The van der Waals surface area contributed by atoms with Crippen molar-refractivity contribution in [1.29, 1.82) is 0 Å². The molecule has 180 valence electrons. The summed E-state index contributed by atoms with van der Waals surface area (Å²) in [6, 6.07) is 14.4. The van der Waals surface area contributed by atoms with Crippen LogP contribution in [0.2, 0.25) is 0 Å². The Morgan fingerprint density at radius 1 is 1.00 bits per heavy atom. The van der Waals surface area contributed by atoms with Crippen LogP contribution >= 0.6 is 0 Å². The SMILES string of the molecule is CN1CC(C(=O)O)C(c2ccc(/C=C/C(=O)Nc3ccccc3NC(=O)OC(C)(C)C)cc2)C1. The van der Waals surface area contributed by atoms with E-state index in [1.54, 1.807) is 51.1 Å². The van der Waals surface area contributed by atoms with Crippen LogP contribution in [0.1, 0.15) is 37.8 Å². The zero-order valence-corrected chi connectivity index (χ0v) is 19.9. The molecule has 1 fully saturated rings. The molecule has 34 heavy (non-hydrogen) atoms. The third-order valence-corrected chi connectivity index (χ3v) is 5.43. The number of hydrogen-bond donors (Lipinski definition) is 3. The van der Waals surface area contributed by atoms with E-state index in [0.717, 1.165) is 11.1 Å². The van der Waals surface area contributed by atoms with Crippen LogP contribution in [0.3, 0.4) is 0 Å². The van der Waals surface area contributed by atoms with E-state index >= 15 is 0 Å². The number of carbonyl (C=O) groups excluding carboxylic acids is 2. The molecule has 0 bridgehead atoms. The van der Waals surface area contributed by atoms with Gasteiger partial charge >= 0.3 is 12.1 Å². The molecule has 8 nitrogen and oxygen atoms in total. The zero-order valence-electron chi connectivity index (χ0n) is 19.9. The van der Waals surface area contributed by atoms with Gasteiger partial charge in [0.05, 0.1) is 17.3 Å². The van der Waals surface area contributed by atoms with Gasteiger partial charge in [-0.2, -0.15) is 0 Å². The molecular formula is C26H31N3O5. The van der Waals surface area contributed by atoms with Gasteiger partial charge in [-0.1, -0.05) is 36.4 Å². The van der Waals surface area contributed by atoms with Crippen molar-refractivity contribution in [3.8, 4) is 0 Å². The number of ether oxygens (including phenoxy) is 1. The smallest absolute Gasteiger partial charge is 0.412 e. The summed E-state index contributed by atoms with van der Waals surface area (Å²) in [5.41, 5.74) is 2.03. The normalized spacial score (nSPS) is 18.6. The summed E-state index contributed by atoms with van der Waals surface area (Å²) in [7, 11) is 1.92. The number of nitrogens with one attached hydrogen (secondary N) is 2. The van der Waals surface area contributed by atoms with Gasteiger partial charge in [-0.3, -0.25) is 14.9 Å². The third kappa shape index (κ3) is 6.92. The number of benzene rings is 2. The number of rotatable bonds is 6. The highest BCUT2D eigenvalue weighted by Crippen LogP contribution is 2.32. The summed E-state index contributed by atoms with van der Waals surface area (Å²) >= 11 is 0. The minimum atomic E-state index is -0.781. The monoisotopic (exact) mass is 465 g/mol. The summed E-state index contributed by atoms with van der Waals surface area (Å²) < 4.78 is 5.27. The Labute approximate surface area is 199 Å². The van der Waals surface area contributed by atoms with Crippen molar-refractivity contribution in [2.75, 3.05) is 30.8 Å². The summed E-state index contributed by atoms with van der Waals surface area (Å²) in [5.74, 6) is -1.62. The zero-order chi connectivity index (χ0) is 24.9. The van der Waals surface area contributed by atoms with E-state index in [9.17, 15) is 19.5 Å². The molecule has 1 heterocycles. The van der Waals surface area contributed by atoms with Crippen molar-refractivity contribution < 1.29 is 24.2 Å². The predicted octanol–water partition coefficient (Wildman–Crippen LogP) is 4.42. The molecule has 0 radical (unpaired) electrons. The van der Waals surface area contributed by atoms with Crippen LogP contribution in [-0.2, 0) is 14.3 Å². The second-order valence-electron chi connectivity index (χ2n) is 9.43. The summed E-state index contributed by atoms with van der Waals surface area (Å²) in [6.07, 6.45) is 2.48. The maximum atomic E-state index is 12.5. The first kappa shape index (κ1) is 25.0. The Hall–Kier alpha value is -3.65. The van der Waals surface area contributed by atoms with Crippen LogP contribution in [0.5, 0.6) is 0 Å². The van der Waals surface area contributed by atoms with Gasteiger partial charge in [0.15, 0.2) is 0 Å². The first-order valence-electron chi connectivity index (χ1n) is 11.1. The molecule has 1 saturated heterocycles. The number of aliphatic carboxylic acids is 1. The number of carboxylic acids is 1. The Morgan fingerprint density at radius 3 is 2.21 bits per heavy atom. The van der Waals surface area contributed by atoms with Gasteiger partial charge in [-0.15, -0.1) is 0 Å². The van der Waals surface area contributed by atoms with E-state index in [1.165, 1.54) is 6.08 Å². The van der Waals surface area contributed by atoms with Gasteiger partial charge in [0.25, 0.3) is 0 Å². The molecule has 1 aliphatic rings. The van der Waals surface area contributed by atoms with Gasteiger partial charge in [0, 0.05) is 25.1 Å². The summed E-state index contributed by atoms with van der Waals surface area (Å²) in [6.45, 7) is 6.55. The average molecular weight is 466 g/mol. The van der Waals surface area contributed by atoms with E-state index in [2.05, 4.69) is 10.6 Å². The molecule has 0 aliphatic carbocycles. The highest BCUT2D eigenvalue weighted by atomic mass is 16.6. The van der Waals surface area contributed by atoms with E-state index in [-0.39, 0.29) is 11.8 Å². The highest BCUT2D eigenvalue weighted by molar-refractivity contribution is 6.05. The lowest BCUT2D eigenvalue weighted by Gasteiger charge is -2.20. The summed E-state index contributed by atoms with van der Waals surface area (Å²) in [5, 5.41) is 14.9. The van der Waals surface area contributed by atoms with Crippen LogP contribution in [0.4, 0.5) is 16.2 Å². The predicted molar refractivity (Wildman–Crippen MR) is 132 cm³/mol. The lowest BCUT2D eigenvalue weighted by molar-refractivity contribution is -0.141. The molecule has 0 saturated carbocycles. The van der Waals surface area contributed by atoms with Gasteiger partial charge in [0.2, 0.25) is 5.91 Å². The van der Waals surface area contributed by atoms with Crippen LogP contribution in [-0.4, -0.2) is 53.7 Å². The van der Waals surface area contributed by atoms with Gasteiger partial charge in [-0.05, 0) is 57.2 Å². The standard InChI is InChI=1S/C26H31N3O5/c1-26(2,3)34-25(33)28-22-8-6-5-7-21(22)27-23(30)14-11-17-9-12-18(13-10-17)19-15-29(4)16-20(19)24(31)32/h5-14,19-20H,15-16H2,1-4H3,(H,27,30)(H,28,33)(H,31,32)/b14-11+. The average Bonchev–Trinajstić information content (AvgIpc) is 3.15. The third-order valence-electron chi connectivity index (χ3n) is 5.43. The number of para-hydroxylation sites is 2. The van der Waals surface area contributed by atoms with Crippen molar-refractivity contribution in [2.45, 2.75) is 32.3 Å². The fraction of sp³-hybridized carbons (Fsp3) is 0.346. The largest absolute Gasteiger partial charge is 0.481 e. The molecule has 3 rings (SSSR count). The molecule has 2 aromatic carbocycles. The number of carboxylic acid groups (broad SMARTS) is 1. The molecule has 0 spiro atoms. The maximum absolute atomic E-state index is 12.5. The number of nitrogens with zero attached hydrogens (tertiary/aromatic N) is 1.